The van der Waals surface area contributed by atoms with Gasteiger partial charge in [0.2, 0.25) is 5.91 Å². The lowest BCUT2D eigenvalue weighted by Gasteiger charge is -2.25. The average Bonchev–Trinajstić information content (AvgIpc) is 2.32. The average molecular weight is 275 g/mol. The molecule has 0 bridgehead atoms. The first-order valence-electron chi connectivity index (χ1n) is 6.44. The second kappa shape index (κ2) is 5.07. The minimum atomic E-state index is -0.682. The Hall–Kier alpha value is -2.17. The standard InChI is InChI=1S/C15H17NO4/c1-15(2,3)20-12(17)8-11-9-6-4-5-7-10(9)13(18)16-14(11)19/h4-7,11H,8H2,1-3H3,(H,16,18,19). The first-order valence-corrected chi connectivity index (χ1v) is 6.44. The van der Waals surface area contributed by atoms with Crippen LogP contribution in [0, 0.1) is 0 Å². The van der Waals surface area contributed by atoms with Crippen molar-refractivity contribution in [1.82, 2.24) is 5.32 Å². The van der Waals surface area contributed by atoms with Gasteiger partial charge in [-0.1, -0.05) is 18.2 Å². The van der Waals surface area contributed by atoms with Gasteiger partial charge in [0.1, 0.15) is 5.60 Å². The van der Waals surface area contributed by atoms with Gasteiger partial charge in [-0.05, 0) is 32.4 Å². The van der Waals surface area contributed by atoms with Crippen molar-refractivity contribution in [3.63, 3.8) is 0 Å². The molecule has 1 atom stereocenters. The highest BCUT2D eigenvalue weighted by molar-refractivity contribution is 6.12. The third-order valence-electron chi connectivity index (χ3n) is 2.92. The molecule has 1 N–H and O–H groups in total. The molecule has 1 aromatic carbocycles. The van der Waals surface area contributed by atoms with Gasteiger partial charge in [-0.2, -0.15) is 0 Å². The molecular formula is C15H17NO4. The van der Waals surface area contributed by atoms with E-state index in [0.29, 0.717) is 11.1 Å². The number of hydrogen-bond acceptors (Lipinski definition) is 4. The maximum Gasteiger partial charge on any atom is 0.307 e. The molecule has 0 radical (unpaired) electrons. The second-order valence-corrected chi connectivity index (χ2v) is 5.75. The number of nitrogens with one attached hydrogen (secondary N) is 1. The van der Waals surface area contributed by atoms with Crippen LogP contribution in [0.25, 0.3) is 0 Å². The largest absolute Gasteiger partial charge is 0.460 e. The van der Waals surface area contributed by atoms with Crippen LogP contribution in [0.2, 0.25) is 0 Å². The van der Waals surface area contributed by atoms with E-state index in [0.717, 1.165) is 0 Å². The van der Waals surface area contributed by atoms with E-state index >= 15 is 0 Å². The van der Waals surface area contributed by atoms with Gasteiger partial charge in [0, 0.05) is 5.56 Å². The number of esters is 1. The highest BCUT2D eigenvalue weighted by Gasteiger charge is 2.34. The van der Waals surface area contributed by atoms with Gasteiger partial charge in [-0.3, -0.25) is 19.7 Å². The lowest BCUT2D eigenvalue weighted by Crippen LogP contribution is -2.41. The van der Waals surface area contributed by atoms with Crippen LogP contribution in [0.5, 0.6) is 0 Å². The molecule has 0 saturated carbocycles. The van der Waals surface area contributed by atoms with Crippen molar-refractivity contribution in [2.24, 2.45) is 0 Å². The van der Waals surface area contributed by atoms with E-state index in [1.165, 1.54) is 0 Å². The summed E-state index contributed by atoms with van der Waals surface area (Å²) in [7, 11) is 0. The fourth-order valence-electron chi connectivity index (χ4n) is 2.17. The third-order valence-corrected chi connectivity index (χ3v) is 2.92. The van der Waals surface area contributed by atoms with Crippen molar-refractivity contribution in [2.75, 3.05) is 0 Å². The molecule has 5 heteroatoms. The summed E-state index contributed by atoms with van der Waals surface area (Å²) >= 11 is 0. The number of ether oxygens (including phenoxy) is 1. The zero-order valence-corrected chi connectivity index (χ0v) is 11.7. The molecule has 1 aromatic rings. The molecule has 2 amide bonds. The van der Waals surface area contributed by atoms with Crippen LogP contribution in [0.1, 0.15) is 49.0 Å². The summed E-state index contributed by atoms with van der Waals surface area (Å²) in [4.78, 5) is 35.5. The number of hydrogen-bond donors (Lipinski definition) is 1. The summed E-state index contributed by atoms with van der Waals surface area (Å²) in [6.45, 7) is 5.30. The maximum atomic E-state index is 11.9. The highest BCUT2D eigenvalue weighted by Crippen LogP contribution is 2.28. The van der Waals surface area contributed by atoms with Gasteiger partial charge < -0.3 is 4.74 Å². The Balaban J connectivity index is 2.24. The fraction of sp³-hybridized carbons (Fsp3) is 0.400. The predicted molar refractivity (Wildman–Crippen MR) is 72.1 cm³/mol. The Morgan fingerprint density at radius 3 is 2.55 bits per heavy atom. The molecule has 20 heavy (non-hydrogen) atoms. The quantitative estimate of drug-likeness (QED) is 0.659. The molecule has 1 unspecified atom stereocenters. The topological polar surface area (TPSA) is 72.5 Å². The van der Waals surface area contributed by atoms with Gasteiger partial charge in [0.05, 0.1) is 12.3 Å². The van der Waals surface area contributed by atoms with Crippen LogP contribution >= 0.6 is 0 Å². The Morgan fingerprint density at radius 2 is 1.90 bits per heavy atom. The summed E-state index contributed by atoms with van der Waals surface area (Å²) in [6, 6.07) is 6.80. The molecule has 2 rings (SSSR count). The van der Waals surface area contributed by atoms with Crippen LogP contribution < -0.4 is 5.32 Å². The van der Waals surface area contributed by atoms with Crippen molar-refractivity contribution in [2.45, 2.75) is 38.7 Å². The number of fused-ring (bicyclic) bond motifs is 1. The van der Waals surface area contributed by atoms with Gasteiger partial charge >= 0.3 is 5.97 Å². The van der Waals surface area contributed by atoms with Gasteiger partial charge in [0.25, 0.3) is 5.91 Å². The van der Waals surface area contributed by atoms with Crippen molar-refractivity contribution in [1.29, 1.82) is 0 Å². The minimum Gasteiger partial charge on any atom is -0.460 e. The number of imide groups is 1. The van der Waals surface area contributed by atoms with Crippen LogP contribution in [0.3, 0.4) is 0 Å². The second-order valence-electron chi connectivity index (χ2n) is 5.75. The highest BCUT2D eigenvalue weighted by atomic mass is 16.6. The lowest BCUT2D eigenvalue weighted by molar-refractivity contribution is -0.156. The fourth-order valence-corrected chi connectivity index (χ4v) is 2.17. The zero-order chi connectivity index (χ0) is 14.9. The predicted octanol–water partition coefficient (Wildman–Crippen LogP) is 1.77. The SMILES string of the molecule is CC(C)(C)OC(=O)CC1C(=O)NC(=O)c2ccccc21. The van der Waals surface area contributed by atoms with Crippen molar-refractivity contribution in [3.05, 3.63) is 35.4 Å². The molecule has 106 valence electrons. The zero-order valence-electron chi connectivity index (χ0n) is 11.7. The Kier molecular flexibility index (Phi) is 3.61. The van der Waals surface area contributed by atoms with E-state index in [1.54, 1.807) is 45.0 Å². The number of carbonyl (C=O) groups excluding carboxylic acids is 3. The van der Waals surface area contributed by atoms with E-state index in [-0.39, 0.29) is 6.42 Å². The smallest absolute Gasteiger partial charge is 0.307 e. The van der Waals surface area contributed by atoms with Crippen LogP contribution in [0.4, 0.5) is 0 Å². The summed E-state index contributed by atoms with van der Waals surface area (Å²) in [5, 5.41) is 2.27. The van der Waals surface area contributed by atoms with Crippen LogP contribution in [-0.2, 0) is 14.3 Å². The molecule has 0 aromatic heterocycles. The Morgan fingerprint density at radius 1 is 1.25 bits per heavy atom. The maximum absolute atomic E-state index is 11.9. The summed E-state index contributed by atoms with van der Waals surface area (Å²) in [5.74, 6) is -2.02. The molecule has 0 fully saturated rings. The van der Waals surface area contributed by atoms with Crippen LogP contribution in [-0.4, -0.2) is 23.4 Å². The first kappa shape index (κ1) is 14.2. The van der Waals surface area contributed by atoms with Crippen molar-refractivity contribution in [3.8, 4) is 0 Å². The van der Waals surface area contributed by atoms with Crippen molar-refractivity contribution < 1.29 is 19.1 Å². The van der Waals surface area contributed by atoms with Gasteiger partial charge in [-0.15, -0.1) is 0 Å². The van der Waals surface area contributed by atoms with E-state index in [9.17, 15) is 14.4 Å². The summed E-state index contributed by atoms with van der Waals surface area (Å²) in [6.07, 6.45) is -0.0760. The number of rotatable bonds is 2. The summed E-state index contributed by atoms with van der Waals surface area (Å²) < 4.78 is 5.23. The van der Waals surface area contributed by atoms with E-state index in [1.807, 2.05) is 0 Å². The normalized spacial score (nSPS) is 18.2. The summed E-state index contributed by atoms with van der Waals surface area (Å²) in [5.41, 5.74) is 0.408. The lowest BCUT2D eigenvalue weighted by atomic mass is 9.87. The molecular weight excluding hydrogens is 258 g/mol. The molecule has 0 aliphatic carbocycles. The van der Waals surface area contributed by atoms with E-state index < -0.39 is 29.3 Å². The molecule has 1 heterocycles. The minimum absolute atomic E-state index is 0.0760. The van der Waals surface area contributed by atoms with E-state index in [2.05, 4.69) is 5.32 Å². The first-order chi connectivity index (χ1) is 9.28. The molecule has 0 spiro atoms. The van der Waals surface area contributed by atoms with E-state index in [4.69, 9.17) is 4.74 Å². The van der Waals surface area contributed by atoms with Gasteiger partial charge in [0.15, 0.2) is 0 Å². The third kappa shape index (κ3) is 3.04. The molecule has 1 aliphatic rings. The molecule has 1 aliphatic heterocycles. The monoisotopic (exact) mass is 275 g/mol. The Bertz CT molecular complexity index is 571. The Labute approximate surface area is 117 Å². The van der Waals surface area contributed by atoms with Crippen LogP contribution in [0.15, 0.2) is 24.3 Å². The van der Waals surface area contributed by atoms with Gasteiger partial charge in [-0.25, -0.2) is 0 Å². The molecule has 5 nitrogen and oxygen atoms in total. The number of carbonyl (C=O) groups is 3. The number of amides is 2. The van der Waals surface area contributed by atoms with Crippen molar-refractivity contribution >= 4 is 17.8 Å². The molecule has 0 saturated heterocycles. The number of benzene rings is 1.